The Morgan fingerprint density at radius 1 is 1.50 bits per heavy atom. The van der Waals surface area contributed by atoms with E-state index in [1.807, 2.05) is 24.3 Å². The van der Waals surface area contributed by atoms with Crippen molar-refractivity contribution in [2.24, 2.45) is 5.73 Å². The highest BCUT2D eigenvalue weighted by molar-refractivity contribution is 5.94. The topological polar surface area (TPSA) is 92.4 Å². The summed E-state index contributed by atoms with van der Waals surface area (Å²) in [5, 5.41) is 11.6. The van der Waals surface area contributed by atoms with Crippen LogP contribution in [0.25, 0.3) is 0 Å². The zero-order valence-electron chi connectivity index (χ0n) is 9.63. The van der Waals surface area contributed by atoms with E-state index < -0.39 is 12.0 Å². The minimum absolute atomic E-state index is 0. The number of aliphatic carboxylic acids is 1. The average Bonchev–Trinajstić information content (AvgIpc) is 2.28. The first kappa shape index (κ1) is 14.5. The fraction of sp³-hybridized carbons (Fsp3) is 0.333. The van der Waals surface area contributed by atoms with Crippen LogP contribution < -0.4 is 11.1 Å². The summed E-state index contributed by atoms with van der Waals surface area (Å²) in [4.78, 5) is 22.2. The number of carboxylic acids is 1. The number of hydrogen-bond acceptors (Lipinski definition) is 3. The summed E-state index contributed by atoms with van der Waals surface area (Å²) >= 11 is 0. The Bertz CT molecular complexity index is 464. The zero-order chi connectivity index (χ0) is 12.4. The van der Waals surface area contributed by atoms with Crippen molar-refractivity contribution < 1.29 is 14.7 Å². The molecule has 1 aliphatic rings. The van der Waals surface area contributed by atoms with Crippen molar-refractivity contribution in [2.45, 2.75) is 24.8 Å². The first-order valence-corrected chi connectivity index (χ1v) is 5.45. The van der Waals surface area contributed by atoms with E-state index in [4.69, 9.17) is 10.8 Å². The van der Waals surface area contributed by atoms with Gasteiger partial charge >= 0.3 is 5.97 Å². The number of carbonyl (C=O) groups excluding carboxylic acids is 1. The maximum atomic E-state index is 11.5. The second-order valence-electron chi connectivity index (χ2n) is 4.22. The van der Waals surface area contributed by atoms with Gasteiger partial charge in [0.1, 0.15) is 6.04 Å². The number of nitrogens with one attached hydrogen (secondary N) is 1. The molecular formula is C12H15ClN2O3. The van der Waals surface area contributed by atoms with Gasteiger partial charge in [-0.25, -0.2) is 0 Å². The minimum atomic E-state index is -1.03. The van der Waals surface area contributed by atoms with Crippen LogP contribution in [0, 0.1) is 0 Å². The molecular weight excluding hydrogens is 256 g/mol. The molecule has 18 heavy (non-hydrogen) atoms. The summed E-state index contributed by atoms with van der Waals surface area (Å²) in [7, 11) is 0. The van der Waals surface area contributed by atoms with Gasteiger partial charge < -0.3 is 16.2 Å². The summed E-state index contributed by atoms with van der Waals surface area (Å²) in [6, 6.07) is 6.48. The van der Waals surface area contributed by atoms with Crippen LogP contribution >= 0.6 is 12.4 Å². The monoisotopic (exact) mass is 270 g/mol. The Labute approximate surface area is 111 Å². The Hall–Kier alpha value is -1.59. The van der Waals surface area contributed by atoms with Gasteiger partial charge in [0, 0.05) is 12.1 Å². The summed E-state index contributed by atoms with van der Waals surface area (Å²) in [6.07, 6.45) is 0.567. The molecule has 1 aromatic carbocycles. The van der Waals surface area contributed by atoms with Crippen LogP contribution in [-0.2, 0) is 9.59 Å². The Kier molecular flexibility index (Phi) is 4.69. The second kappa shape index (κ2) is 5.84. The van der Waals surface area contributed by atoms with E-state index in [2.05, 4.69) is 5.32 Å². The number of amides is 1. The molecule has 0 spiro atoms. The number of carbonyl (C=O) groups is 2. The van der Waals surface area contributed by atoms with Crippen LogP contribution in [0.15, 0.2) is 24.3 Å². The zero-order valence-corrected chi connectivity index (χ0v) is 10.4. The average molecular weight is 271 g/mol. The van der Waals surface area contributed by atoms with Crippen LogP contribution in [0.4, 0.5) is 5.69 Å². The summed E-state index contributed by atoms with van der Waals surface area (Å²) in [6.45, 7) is 0. The van der Waals surface area contributed by atoms with Crippen molar-refractivity contribution in [3.05, 3.63) is 29.8 Å². The molecule has 1 aromatic rings. The first-order chi connectivity index (χ1) is 8.08. The van der Waals surface area contributed by atoms with Crippen LogP contribution in [0.1, 0.15) is 24.3 Å². The predicted octanol–water partition coefficient (Wildman–Crippen LogP) is 1.34. The number of hydrogen-bond donors (Lipinski definition) is 3. The third kappa shape index (κ3) is 3.00. The minimum Gasteiger partial charge on any atom is -0.480 e. The molecule has 0 saturated heterocycles. The highest BCUT2D eigenvalue weighted by atomic mass is 35.5. The number of anilines is 1. The maximum Gasteiger partial charge on any atom is 0.320 e. The predicted molar refractivity (Wildman–Crippen MR) is 69.9 cm³/mol. The number of carboxylic acid groups (broad SMARTS) is 1. The number of para-hydroxylation sites is 1. The van der Waals surface area contributed by atoms with E-state index in [0.717, 1.165) is 11.3 Å². The van der Waals surface area contributed by atoms with Gasteiger partial charge in [0.15, 0.2) is 0 Å². The first-order valence-electron chi connectivity index (χ1n) is 5.45. The number of benzene rings is 1. The van der Waals surface area contributed by atoms with Gasteiger partial charge in [-0.15, -0.1) is 12.4 Å². The summed E-state index contributed by atoms with van der Waals surface area (Å²) in [5.74, 6) is -1.24. The number of halogens is 1. The molecule has 1 heterocycles. The molecule has 0 aliphatic carbocycles. The highest BCUT2D eigenvalue weighted by Gasteiger charge is 2.28. The Morgan fingerprint density at radius 3 is 2.83 bits per heavy atom. The molecule has 2 atom stereocenters. The molecule has 0 radical (unpaired) electrons. The van der Waals surface area contributed by atoms with Crippen molar-refractivity contribution in [3.8, 4) is 0 Å². The van der Waals surface area contributed by atoms with Crippen molar-refractivity contribution in [1.29, 1.82) is 0 Å². The van der Waals surface area contributed by atoms with E-state index in [1.54, 1.807) is 0 Å². The molecule has 0 saturated carbocycles. The fourth-order valence-electron chi connectivity index (χ4n) is 2.12. The van der Waals surface area contributed by atoms with Crippen LogP contribution in [0.2, 0.25) is 0 Å². The number of fused-ring (bicyclic) bond motifs is 1. The van der Waals surface area contributed by atoms with Crippen molar-refractivity contribution in [1.82, 2.24) is 0 Å². The van der Waals surface area contributed by atoms with Gasteiger partial charge in [-0.3, -0.25) is 9.59 Å². The number of nitrogens with two attached hydrogens (primary N) is 1. The van der Waals surface area contributed by atoms with Crippen LogP contribution in [-0.4, -0.2) is 23.0 Å². The van der Waals surface area contributed by atoms with Crippen molar-refractivity contribution in [2.75, 3.05) is 5.32 Å². The molecule has 5 nitrogen and oxygen atoms in total. The van der Waals surface area contributed by atoms with Crippen LogP contribution in [0.5, 0.6) is 0 Å². The molecule has 0 bridgehead atoms. The lowest BCUT2D eigenvalue weighted by Crippen LogP contribution is -2.34. The second-order valence-corrected chi connectivity index (χ2v) is 4.22. The quantitative estimate of drug-likeness (QED) is 0.773. The van der Waals surface area contributed by atoms with E-state index in [-0.39, 0.29) is 37.1 Å². The Morgan fingerprint density at radius 2 is 2.17 bits per heavy atom. The highest BCUT2D eigenvalue weighted by Crippen LogP contribution is 2.34. The van der Waals surface area contributed by atoms with Gasteiger partial charge in [-0.2, -0.15) is 0 Å². The number of rotatable bonds is 3. The third-order valence-electron chi connectivity index (χ3n) is 2.96. The summed E-state index contributed by atoms with van der Waals surface area (Å²) in [5.41, 5.74) is 7.24. The van der Waals surface area contributed by atoms with Gasteiger partial charge in [0.05, 0.1) is 0 Å². The molecule has 98 valence electrons. The molecule has 1 aliphatic heterocycles. The SMILES string of the molecule is Cl.NC(CC1CC(=O)Nc2ccccc21)C(=O)O. The van der Waals surface area contributed by atoms with Crippen LogP contribution in [0.3, 0.4) is 0 Å². The van der Waals surface area contributed by atoms with E-state index >= 15 is 0 Å². The Balaban J connectivity index is 0.00000162. The molecule has 0 fully saturated rings. The van der Waals surface area contributed by atoms with E-state index in [9.17, 15) is 9.59 Å². The lowest BCUT2D eigenvalue weighted by atomic mass is 9.86. The van der Waals surface area contributed by atoms with Gasteiger partial charge in [0.2, 0.25) is 5.91 Å². The maximum absolute atomic E-state index is 11.5. The molecule has 1 amide bonds. The fourth-order valence-corrected chi connectivity index (χ4v) is 2.12. The lowest BCUT2D eigenvalue weighted by Gasteiger charge is -2.26. The van der Waals surface area contributed by atoms with Gasteiger partial charge in [-0.05, 0) is 24.0 Å². The summed E-state index contributed by atoms with van der Waals surface area (Å²) < 4.78 is 0. The molecule has 2 unspecified atom stereocenters. The smallest absolute Gasteiger partial charge is 0.320 e. The molecule has 4 N–H and O–H groups in total. The van der Waals surface area contributed by atoms with Crippen molar-refractivity contribution in [3.63, 3.8) is 0 Å². The van der Waals surface area contributed by atoms with E-state index in [1.165, 1.54) is 0 Å². The molecule has 0 aromatic heterocycles. The van der Waals surface area contributed by atoms with Gasteiger partial charge in [-0.1, -0.05) is 18.2 Å². The molecule has 6 heteroatoms. The van der Waals surface area contributed by atoms with Gasteiger partial charge in [0.25, 0.3) is 0 Å². The van der Waals surface area contributed by atoms with E-state index in [0.29, 0.717) is 0 Å². The standard InChI is InChI=1S/C12H14N2O3.ClH/c13-9(12(16)17)5-7-6-11(15)14-10-4-2-1-3-8(7)10;/h1-4,7,9H,5-6,13H2,(H,14,15)(H,16,17);1H. The van der Waals surface area contributed by atoms with Crippen molar-refractivity contribution >= 4 is 30.0 Å². The lowest BCUT2D eigenvalue weighted by molar-refractivity contribution is -0.139. The third-order valence-corrected chi connectivity index (χ3v) is 2.96. The molecule has 2 rings (SSSR count). The largest absolute Gasteiger partial charge is 0.480 e. The normalized spacial score (nSPS) is 19.2.